The lowest BCUT2D eigenvalue weighted by Gasteiger charge is -2.31. The molecule has 0 spiro atoms. The highest BCUT2D eigenvalue weighted by molar-refractivity contribution is 5.72. The maximum atomic E-state index is 12.0. The molecule has 0 aliphatic carbocycles. The van der Waals surface area contributed by atoms with Crippen molar-refractivity contribution in [3.05, 3.63) is 40.6 Å². The van der Waals surface area contributed by atoms with Crippen molar-refractivity contribution in [2.24, 2.45) is 11.8 Å². The zero-order valence-electron chi connectivity index (χ0n) is 23.3. The van der Waals surface area contributed by atoms with E-state index in [0.717, 1.165) is 63.1 Å². The SMILES string of the molecule is CCOC(=O)C1CCN(CCc2c(C)cc(-c3n[nH]c(-c4cc(CC(C)C)n(CC)n4)n3)cc2C)CC1. The van der Waals surface area contributed by atoms with Crippen LogP contribution in [0.3, 0.4) is 0 Å². The monoisotopic (exact) mass is 506 g/mol. The third-order valence-electron chi connectivity index (χ3n) is 7.35. The highest BCUT2D eigenvalue weighted by Gasteiger charge is 2.26. The summed E-state index contributed by atoms with van der Waals surface area (Å²) in [7, 11) is 0. The molecular formula is C29H42N6O2. The van der Waals surface area contributed by atoms with Gasteiger partial charge in [0, 0.05) is 24.3 Å². The summed E-state index contributed by atoms with van der Waals surface area (Å²) in [6, 6.07) is 6.51. The first kappa shape index (κ1) is 27.0. The van der Waals surface area contributed by atoms with Crippen LogP contribution in [0.4, 0.5) is 0 Å². The third kappa shape index (κ3) is 6.47. The Bertz CT molecular complexity index is 1180. The molecule has 1 fully saturated rings. The summed E-state index contributed by atoms with van der Waals surface area (Å²) < 4.78 is 7.26. The predicted octanol–water partition coefficient (Wildman–Crippen LogP) is 4.99. The Balaban J connectivity index is 1.41. The minimum Gasteiger partial charge on any atom is -0.466 e. The summed E-state index contributed by atoms with van der Waals surface area (Å²) in [5.41, 5.74) is 7.00. The van der Waals surface area contributed by atoms with Crippen LogP contribution in [0.25, 0.3) is 22.9 Å². The summed E-state index contributed by atoms with van der Waals surface area (Å²) in [5, 5.41) is 12.4. The van der Waals surface area contributed by atoms with Crippen LogP contribution < -0.4 is 0 Å². The Labute approximate surface area is 220 Å². The van der Waals surface area contributed by atoms with E-state index < -0.39 is 0 Å². The van der Waals surface area contributed by atoms with Crippen LogP contribution in [-0.4, -0.2) is 62.1 Å². The van der Waals surface area contributed by atoms with Crippen LogP contribution in [0.1, 0.15) is 62.9 Å². The minimum atomic E-state index is -0.0331. The van der Waals surface area contributed by atoms with Gasteiger partial charge in [0.1, 0.15) is 5.69 Å². The number of carbonyl (C=O) groups excluding carboxylic acids is 1. The van der Waals surface area contributed by atoms with Gasteiger partial charge in [-0.05, 0) is 107 Å². The highest BCUT2D eigenvalue weighted by Crippen LogP contribution is 2.26. The van der Waals surface area contributed by atoms with Gasteiger partial charge in [-0.1, -0.05) is 13.8 Å². The van der Waals surface area contributed by atoms with Crippen molar-refractivity contribution >= 4 is 5.97 Å². The molecule has 8 nitrogen and oxygen atoms in total. The van der Waals surface area contributed by atoms with Crippen molar-refractivity contribution in [3.63, 3.8) is 0 Å². The molecule has 8 heteroatoms. The smallest absolute Gasteiger partial charge is 0.309 e. The summed E-state index contributed by atoms with van der Waals surface area (Å²) >= 11 is 0. The Hall–Kier alpha value is -3.00. The number of benzene rings is 1. The Morgan fingerprint density at radius 1 is 1.14 bits per heavy atom. The van der Waals surface area contributed by atoms with Gasteiger partial charge in [-0.15, -0.1) is 0 Å². The number of hydrogen-bond acceptors (Lipinski definition) is 6. The van der Waals surface area contributed by atoms with Crippen LogP contribution in [0.5, 0.6) is 0 Å². The summed E-state index contributed by atoms with van der Waals surface area (Å²) in [6.07, 6.45) is 3.76. The first-order chi connectivity index (χ1) is 17.8. The number of esters is 1. The lowest BCUT2D eigenvalue weighted by atomic mass is 9.94. The topological polar surface area (TPSA) is 88.9 Å². The van der Waals surface area contributed by atoms with Crippen LogP contribution >= 0.6 is 0 Å². The number of ether oxygens (including phenoxy) is 1. The molecule has 4 rings (SSSR count). The number of carbonyl (C=O) groups is 1. The van der Waals surface area contributed by atoms with Crippen molar-refractivity contribution in [2.45, 2.75) is 73.8 Å². The molecule has 0 amide bonds. The number of rotatable bonds is 10. The molecule has 0 bridgehead atoms. The van der Waals surface area contributed by atoms with Gasteiger partial charge in [-0.25, -0.2) is 4.98 Å². The molecular weight excluding hydrogens is 464 g/mol. The molecule has 0 atom stereocenters. The molecule has 200 valence electrons. The first-order valence-electron chi connectivity index (χ1n) is 13.8. The average Bonchev–Trinajstić information content (AvgIpc) is 3.51. The van der Waals surface area contributed by atoms with Gasteiger partial charge in [-0.3, -0.25) is 14.6 Å². The van der Waals surface area contributed by atoms with E-state index in [-0.39, 0.29) is 11.9 Å². The van der Waals surface area contributed by atoms with Gasteiger partial charge >= 0.3 is 5.97 Å². The van der Waals surface area contributed by atoms with E-state index in [0.29, 0.717) is 24.2 Å². The van der Waals surface area contributed by atoms with Gasteiger partial charge < -0.3 is 9.64 Å². The van der Waals surface area contributed by atoms with Crippen molar-refractivity contribution in [3.8, 4) is 22.9 Å². The standard InChI is InChI=1S/C29H42N6O2/c1-7-35-24(15-19(3)4)18-26(33-35)28-30-27(31-32-28)23-16-20(5)25(21(6)17-23)11-14-34-12-9-22(10-13-34)29(36)37-8-2/h16-19,22H,7-15H2,1-6H3,(H,30,31,32). The van der Waals surface area contributed by atoms with Crippen molar-refractivity contribution in [2.75, 3.05) is 26.2 Å². The number of H-pyrrole nitrogens is 1. The lowest BCUT2D eigenvalue weighted by molar-refractivity contribution is -0.149. The number of aryl methyl sites for hydroxylation is 3. The number of nitrogens with one attached hydrogen (secondary N) is 1. The number of aromatic amines is 1. The second-order valence-corrected chi connectivity index (χ2v) is 10.6. The Morgan fingerprint density at radius 3 is 2.46 bits per heavy atom. The molecule has 1 N–H and O–H groups in total. The fraction of sp³-hybridized carbons (Fsp3) is 0.586. The van der Waals surface area contributed by atoms with Gasteiger partial charge in [0.2, 0.25) is 0 Å². The van der Waals surface area contributed by atoms with Gasteiger partial charge in [0.15, 0.2) is 11.6 Å². The van der Waals surface area contributed by atoms with Crippen LogP contribution in [-0.2, 0) is 28.9 Å². The molecule has 3 aromatic rings. The number of likely N-dealkylation sites (tertiary alicyclic amines) is 1. The molecule has 1 aromatic carbocycles. The zero-order chi connectivity index (χ0) is 26.5. The van der Waals surface area contributed by atoms with Crippen LogP contribution in [0, 0.1) is 25.7 Å². The second-order valence-electron chi connectivity index (χ2n) is 10.6. The van der Waals surface area contributed by atoms with Crippen molar-refractivity contribution < 1.29 is 9.53 Å². The van der Waals surface area contributed by atoms with E-state index in [4.69, 9.17) is 14.8 Å². The maximum Gasteiger partial charge on any atom is 0.309 e. The van der Waals surface area contributed by atoms with Gasteiger partial charge in [-0.2, -0.15) is 10.2 Å². The van der Waals surface area contributed by atoms with Crippen molar-refractivity contribution in [1.82, 2.24) is 29.9 Å². The number of hydrogen-bond donors (Lipinski definition) is 1. The summed E-state index contributed by atoms with van der Waals surface area (Å²) in [6.45, 7) is 17.0. The molecule has 0 saturated carbocycles. The summed E-state index contributed by atoms with van der Waals surface area (Å²) in [5.74, 6) is 2.00. The fourth-order valence-corrected chi connectivity index (χ4v) is 5.37. The number of nitrogens with zero attached hydrogens (tertiary/aromatic N) is 5. The molecule has 0 unspecified atom stereocenters. The molecule has 2 aromatic heterocycles. The first-order valence-corrected chi connectivity index (χ1v) is 13.8. The molecule has 1 aliphatic rings. The van der Waals surface area contributed by atoms with E-state index in [1.165, 1.54) is 22.4 Å². The van der Waals surface area contributed by atoms with Crippen molar-refractivity contribution in [1.29, 1.82) is 0 Å². The van der Waals surface area contributed by atoms with E-state index in [1.807, 2.05) is 6.92 Å². The third-order valence-corrected chi connectivity index (χ3v) is 7.35. The Kier molecular flexibility index (Phi) is 8.79. The number of aromatic nitrogens is 5. The lowest BCUT2D eigenvalue weighted by Crippen LogP contribution is -2.38. The average molecular weight is 507 g/mol. The predicted molar refractivity (Wildman–Crippen MR) is 146 cm³/mol. The van der Waals surface area contributed by atoms with E-state index in [9.17, 15) is 4.79 Å². The van der Waals surface area contributed by atoms with Gasteiger partial charge in [0.25, 0.3) is 0 Å². The molecule has 1 aliphatic heterocycles. The van der Waals surface area contributed by atoms with E-state index >= 15 is 0 Å². The molecule has 37 heavy (non-hydrogen) atoms. The molecule has 0 radical (unpaired) electrons. The highest BCUT2D eigenvalue weighted by atomic mass is 16.5. The zero-order valence-corrected chi connectivity index (χ0v) is 23.3. The minimum absolute atomic E-state index is 0.0331. The van der Waals surface area contributed by atoms with E-state index in [2.05, 4.69) is 72.6 Å². The summed E-state index contributed by atoms with van der Waals surface area (Å²) in [4.78, 5) is 19.3. The second kappa shape index (κ2) is 12.0. The van der Waals surface area contributed by atoms with Crippen LogP contribution in [0.15, 0.2) is 18.2 Å². The van der Waals surface area contributed by atoms with Crippen LogP contribution in [0.2, 0.25) is 0 Å². The quantitative estimate of drug-likeness (QED) is 0.390. The molecule has 3 heterocycles. The largest absolute Gasteiger partial charge is 0.466 e. The number of piperidine rings is 1. The fourth-order valence-electron chi connectivity index (χ4n) is 5.37. The maximum absolute atomic E-state index is 12.0. The molecule has 1 saturated heterocycles. The normalized spacial score (nSPS) is 15.0. The Morgan fingerprint density at radius 2 is 1.84 bits per heavy atom. The van der Waals surface area contributed by atoms with Gasteiger partial charge in [0.05, 0.1) is 12.5 Å². The van der Waals surface area contributed by atoms with E-state index in [1.54, 1.807) is 0 Å².